The van der Waals surface area contributed by atoms with Crippen LogP contribution in [-0.2, 0) is 4.74 Å². The summed E-state index contributed by atoms with van der Waals surface area (Å²) in [7, 11) is 1.67. The Morgan fingerprint density at radius 2 is 2.29 bits per heavy atom. The average Bonchev–Trinajstić information content (AvgIpc) is 2.29. The van der Waals surface area contributed by atoms with Crippen molar-refractivity contribution in [2.24, 2.45) is 5.73 Å². The number of nitrogens with two attached hydrogens (primary N) is 1. The molecule has 6 heteroatoms. The van der Waals surface area contributed by atoms with Crippen LogP contribution in [0.4, 0.5) is 5.95 Å². The van der Waals surface area contributed by atoms with Crippen LogP contribution in [0.2, 0.25) is 0 Å². The van der Waals surface area contributed by atoms with Gasteiger partial charge in [-0.15, -0.1) is 0 Å². The van der Waals surface area contributed by atoms with Gasteiger partial charge in [0, 0.05) is 25.9 Å². The molecule has 94 valence electrons. The molecule has 0 aliphatic heterocycles. The molecule has 1 aromatic heterocycles. The van der Waals surface area contributed by atoms with Gasteiger partial charge in [-0.1, -0.05) is 12.2 Å². The summed E-state index contributed by atoms with van der Waals surface area (Å²) >= 11 is 4.91. The first-order valence-corrected chi connectivity index (χ1v) is 5.85. The fourth-order valence-corrected chi connectivity index (χ4v) is 1.52. The third-order valence-electron chi connectivity index (χ3n) is 2.31. The number of aromatic nitrogens is 2. The Bertz CT molecular complexity index is 383. The van der Waals surface area contributed by atoms with Crippen molar-refractivity contribution in [2.45, 2.75) is 19.9 Å². The highest BCUT2D eigenvalue weighted by molar-refractivity contribution is 7.80. The van der Waals surface area contributed by atoms with Gasteiger partial charge in [0.15, 0.2) is 0 Å². The summed E-state index contributed by atoms with van der Waals surface area (Å²) in [6, 6.07) is 1.99. The summed E-state index contributed by atoms with van der Waals surface area (Å²) in [5, 5.41) is 0. The van der Waals surface area contributed by atoms with E-state index in [1.54, 1.807) is 19.4 Å². The zero-order chi connectivity index (χ0) is 12.8. The highest BCUT2D eigenvalue weighted by Crippen LogP contribution is 2.11. The lowest BCUT2D eigenvalue weighted by molar-refractivity contribution is 0.203. The van der Waals surface area contributed by atoms with Gasteiger partial charge in [-0.2, -0.15) is 0 Å². The molecule has 1 rings (SSSR count). The summed E-state index contributed by atoms with van der Waals surface area (Å²) in [4.78, 5) is 10.9. The third-order valence-corrected chi connectivity index (χ3v) is 2.52. The fraction of sp³-hybridized carbons (Fsp3) is 0.545. The number of ether oxygens (including phenoxy) is 1. The molecule has 5 nitrogen and oxygen atoms in total. The first-order chi connectivity index (χ1) is 8.06. The van der Waals surface area contributed by atoms with Crippen LogP contribution in [0.1, 0.15) is 19.5 Å². The van der Waals surface area contributed by atoms with Crippen LogP contribution in [0.3, 0.4) is 0 Å². The van der Waals surface area contributed by atoms with E-state index in [9.17, 15) is 0 Å². The van der Waals surface area contributed by atoms with Gasteiger partial charge in [0.25, 0.3) is 0 Å². The molecule has 0 fully saturated rings. The number of nitrogens with zero attached hydrogens (tertiary/aromatic N) is 3. The number of hydrogen-bond donors (Lipinski definition) is 1. The predicted molar refractivity (Wildman–Crippen MR) is 72.3 cm³/mol. The van der Waals surface area contributed by atoms with Crippen molar-refractivity contribution in [3.8, 4) is 0 Å². The van der Waals surface area contributed by atoms with Gasteiger partial charge in [-0.3, -0.25) is 0 Å². The van der Waals surface area contributed by atoms with Crippen molar-refractivity contribution in [1.82, 2.24) is 9.97 Å². The van der Waals surface area contributed by atoms with Crippen molar-refractivity contribution in [3.05, 3.63) is 18.0 Å². The van der Waals surface area contributed by atoms with Crippen LogP contribution in [-0.4, -0.2) is 41.3 Å². The standard InChI is InChI=1S/C11H18N4OS/c1-8(2)15(6-7-16-3)11-13-5-4-9(14-11)10(12)17/h4-5,8H,6-7H2,1-3H3,(H2,12,17). The van der Waals surface area contributed by atoms with E-state index in [1.807, 2.05) is 4.90 Å². The first kappa shape index (κ1) is 13.8. The third kappa shape index (κ3) is 3.90. The smallest absolute Gasteiger partial charge is 0.226 e. The maximum atomic E-state index is 5.56. The number of methoxy groups -OCH3 is 1. The van der Waals surface area contributed by atoms with Gasteiger partial charge >= 0.3 is 0 Å². The summed E-state index contributed by atoms with van der Waals surface area (Å²) in [6.45, 7) is 5.51. The van der Waals surface area contributed by atoms with Gasteiger partial charge in [0.1, 0.15) is 10.7 Å². The molecule has 0 spiro atoms. The molecule has 0 bridgehead atoms. The Balaban J connectivity index is 2.93. The molecule has 0 aliphatic rings. The summed E-state index contributed by atoms with van der Waals surface area (Å²) < 4.78 is 5.07. The zero-order valence-electron chi connectivity index (χ0n) is 10.4. The van der Waals surface area contributed by atoms with Crippen molar-refractivity contribution in [1.29, 1.82) is 0 Å². The lowest BCUT2D eigenvalue weighted by atomic mass is 10.3. The van der Waals surface area contributed by atoms with E-state index in [1.165, 1.54) is 0 Å². The Hall–Kier alpha value is -1.27. The molecule has 0 aliphatic carbocycles. The molecule has 17 heavy (non-hydrogen) atoms. The van der Waals surface area contributed by atoms with Crippen LogP contribution in [0.25, 0.3) is 0 Å². The minimum absolute atomic E-state index is 0.282. The number of hydrogen-bond acceptors (Lipinski definition) is 5. The van der Waals surface area contributed by atoms with Crippen molar-refractivity contribution in [3.63, 3.8) is 0 Å². The quantitative estimate of drug-likeness (QED) is 0.763. The van der Waals surface area contributed by atoms with Crippen molar-refractivity contribution in [2.75, 3.05) is 25.2 Å². The van der Waals surface area contributed by atoms with E-state index in [2.05, 4.69) is 23.8 Å². The zero-order valence-corrected chi connectivity index (χ0v) is 11.2. The summed E-state index contributed by atoms with van der Waals surface area (Å²) in [5.74, 6) is 0.627. The lowest BCUT2D eigenvalue weighted by Crippen LogP contribution is -2.35. The Labute approximate surface area is 107 Å². The predicted octanol–water partition coefficient (Wildman–Crippen LogP) is 0.972. The maximum Gasteiger partial charge on any atom is 0.226 e. The van der Waals surface area contributed by atoms with E-state index in [0.29, 0.717) is 18.2 Å². The normalized spacial score (nSPS) is 10.6. The second kappa shape index (κ2) is 6.46. The number of anilines is 1. The van der Waals surface area contributed by atoms with E-state index in [-0.39, 0.29) is 11.0 Å². The SMILES string of the molecule is COCCN(c1nccc(C(N)=S)n1)C(C)C. The van der Waals surface area contributed by atoms with E-state index >= 15 is 0 Å². The minimum atomic E-state index is 0.282. The lowest BCUT2D eigenvalue weighted by Gasteiger charge is -2.26. The van der Waals surface area contributed by atoms with E-state index in [0.717, 1.165) is 6.54 Å². The number of thiocarbonyl (C=S) groups is 1. The van der Waals surface area contributed by atoms with Gasteiger partial charge < -0.3 is 15.4 Å². The van der Waals surface area contributed by atoms with Gasteiger partial charge in [-0.05, 0) is 19.9 Å². The molecule has 0 atom stereocenters. The molecular weight excluding hydrogens is 236 g/mol. The second-order valence-corrected chi connectivity index (χ2v) is 4.33. The van der Waals surface area contributed by atoms with E-state index in [4.69, 9.17) is 22.7 Å². The Morgan fingerprint density at radius 3 is 2.82 bits per heavy atom. The largest absolute Gasteiger partial charge is 0.388 e. The molecule has 2 N–H and O–H groups in total. The van der Waals surface area contributed by atoms with Gasteiger partial charge in [-0.25, -0.2) is 9.97 Å². The summed E-state index contributed by atoms with van der Waals surface area (Å²) in [5.41, 5.74) is 6.15. The minimum Gasteiger partial charge on any atom is -0.388 e. The number of rotatable bonds is 6. The fourth-order valence-electron chi connectivity index (χ4n) is 1.40. The summed E-state index contributed by atoms with van der Waals surface area (Å²) in [6.07, 6.45) is 1.67. The second-order valence-electron chi connectivity index (χ2n) is 3.89. The highest BCUT2D eigenvalue weighted by atomic mass is 32.1. The van der Waals surface area contributed by atoms with Crippen LogP contribution >= 0.6 is 12.2 Å². The van der Waals surface area contributed by atoms with Crippen LogP contribution in [0.15, 0.2) is 12.3 Å². The molecule has 0 aromatic carbocycles. The highest BCUT2D eigenvalue weighted by Gasteiger charge is 2.13. The van der Waals surface area contributed by atoms with Crippen molar-refractivity contribution < 1.29 is 4.74 Å². The molecule has 0 amide bonds. The molecule has 1 heterocycles. The van der Waals surface area contributed by atoms with Gasteiger partial charge in [0.05, 0.1) is 6.61 Å². The van der Waals surface area contributed by atoms with Crippen LogP contribution < -0.4 is 10.6 Å². The molecule has 0 radical (unpaired) electrons. The Kier molecular flexibility index (Phi) is 5.24. The molecule has 0 saturated heterocycles. The maximum absolute atomic E-state index is 5.56. The molecule has 1 aromatic rings. The Morgan fingerprint density at radius 1 is 1.59 bits per heavy atom. The van der Waals surface area contributed by atoms with Crippen LogP contribution in [0, 0.1) is 0 Å². The molecule has 0 unspecified atom stereocenters. The first-order valence-electron chi connectivity index (χ1n) is 5.44. The monoisotopic (exact) mass is 254 g/mol. The average molecular weight is 254 g/mol. The molecule has 0 saturated carbocycles. The van der Waals surface area contributed by atoms with Crippen molar-refractivity contribution >= 4 is 23.2 Å². The van der Waals surface area contributed by atoms with E-state index < -0.39 is 0 Å². The van der Waals surface area contributed by atoms with Crippen LogP contribution in [0.5, 0.6) is 0 Å². The van der Waals surface area contributed by atoms with Gasteiger partial charge in [0.2, 0.25) is 5.95 Å². The topological polar surface area (TPSA) is 64.3 Å². The molecular formula is C11H18N4OS.